The van der Waals surface area contributed by atoms with Gasteiger partial charge >= 0.3 is 0 Å². The van der Waals surface area contributed by atoms with Crippen LogP contribution in [-0.2, 0) is 11.2 Å². The molecule has 4 nitrogen and oxygen atoms in total. The van der Waals surface area contributed by atoms with E-state index in [0.29, 0.717) is 23.6 Å². The van der Waals surface area contributed by atoms with Crippen LogP contribution in [0.15, 0.2) is 12.1 Å². The van der Waals surface area contributed by atoms with Crippen LogP contribution in [0.2, 0.25) is 0 Å². The third-order valence-electron chi connectivity index (χ3n) is 5.97. The summed E-state index contributed by atoms with van der Waals surface area (Å²) in [6.07, 6.45) is 9.87. The summed E-state index contributed by atoms with van der Waals surface area (Å²) in [5.41, 5.74) is 3.95. The highest BCUT2D eigenvalue weighted by molar-refractivity contribution is 5.77. The van der Waals surface area contributed by atoms with Crippen molar-refractivity contribution in [2.45, 2.75) is 77.7 Å². The topological polar surface area (TPSA) is 52.6 Å². The molecule has 5 heteroatoms. The molecule has 1 aromatic rings. The van der Waals surface area contributed by atoms with Crippen LogP contribution in [0.1, 0.15) is 68.1 Å². The van der Waals surface area contributed by atoms with Crippen LogP contribution in [0, 0.1) is 25.6 Å². The molecule has 27 heavy (non-hydrogen) atoms. The van der Waals surface area contributed by atoms with E-state index in [2.05, 4.69) is 11.9 Å². The third-order valence-corrected chi connectivity index (χ3v) is 5.97. The molecule has 152 valence electrons. The van der Waals surface area contributed by atoms with E-state index in [1.54, 1.807) is 31.5 Å². The number of amides is 1. The van der Waals surface area contributed by atoms with Gasteiger partial charge in [0.05, 0.1) is 0 Å². The number of carbonyl (C=O) groups excluding carboxylic acids is 1. The van der Waals surface area contributed by atoms with Crippen molar-refractivity contribution in [2.24, 2.45) is 5.92 Å². The molecule has 0 unspecified atom stereocenters. The lowest BCUT2D eigenvalue weighted by Gasteiger charge is -2.31. The van der Waals surface area contributed by atoms with Crippen molar-refractivity contribution >= 4 is 5.91 Å². The Morgan fingerprint density at radius 2 is 1.85 bits per heavy atom. The van der Waals surface area contributed by atoms with Crippen molar-refractivity contribution in [3.8, 4) is 0 Å². The summed E-state index contributed by atoms with van der Waals surface area (Å²) in [5, 5.41) is 9.08. The molecular formula is C22H35FN2O2. The van der Waals surface area contributed by atoms with Crippen LogP contribution in [0.3, 0.4) is 0 Å². The first-order valence-electron chi connectivity index (χ1n) is 10.3. The minimum absolute atomic E-state index is 0.187. The summed E-state index contributed by atoms with van der Waals surface area (Å²) >= 11 is 0. The number of benzene rings is 1. The predicted octanol–water partition coefficient (Wildman–Crippen LogP) is 4.54. The number of nitrogens with one attached hydrogen (secondary N) is 1. The summed E-state index contributed by atoms with van der Waals surface area (Å²) < 4.78 is 13.8. The van der Waals surface area contributed by atoms with E-state index in [4.69, 9.17) is 5.21 Å². The predicted molar refractivity (Wildman–Crippen MR) is 106 cm³/mol. The third kappa shape index (κ3) is 6.58. The van der Waals surface area contributed by atoms with E-state index >= 15 is 0 Å². The van der Waals surface area contributed by atoms with Gasteiger partial charge in [-0.05, 0) is 76.2 Å². The number of halogens is 1. The first-order valence-corrected chi connectivity index (χ1v) is 10.3. The van der Waals surface area contributed by atoms with E-state index in [0.717, 1.165) is 31.4 Å². The molecule has 1 aliphatic rings. The van der Waals surface area contributed by atoms with Gasteiger partial charge in [-0.2, -0.15) is 0 Å². The van der Waals surface area contributed by atoms with Gasteiger partial charge in [0.2, 0.25) is 5.91 Å². The number of rotatable bonds is 9. The van der Waals surface area contributed by atoms with Crippen LogP contribution >= 0.6 is 0 Å². The van der Waals surface area contributed by atoms with Gasteiger partial charge in [0.25, 0.3) is 0 Å². The Bertz CT molecular complexity index is 591. The molecule has 1 fully saturated rings. The minimum Gasteiger partial charge on any atom is -0.303 e. The average Bonchev–Trinajstić information content (AvgIpc) is 2.68. The molecule has 0 spiro atoms. The Hall–Kier alpha value is -1.46. The molecule has 0 radical (unpaired) electrons. The zero-order valence-electron chi connectivity index (χ0n) is 17.1. The largest absolute Gasteiger partial charge is 0.303 e. The van der Waals surface area contributed by atoms with Gasteiger partial charge in [-0.15, -0.1) is 0 Å². The summed E-state index contributed by atoms with van der Waals surface area (Å²) in [5.74, 6) is -0.831. The monoisotopic (exact) mass is 378 g/mol. The molecule has 0 heterocycles. The second-order valence-corrected chi connectivity index (χ2v) is 8.19. The summed E-state index contributed by atoms with van der Waals surface area (Å²) in [6.45, 7) is 4.54. The Morgan fingerprint density at radius 3 is 2.44 bits per heavy atom. The maximum absolute atomic E-state index is 13.8. The van der Waals surface area contributed by atoms with Crippen molar-refractivity contribution in [1.29, 1.82) is 0 Å². The minimum atomic E-state index is -0.352. The molecule has 0 saturated heterocycles. The first kappa shape index (κ1) is 21.8. The fraction of sp³-hybridized carbons (Fsp3) is 0.682. The number of hydrogen-bond acceptors (Lipinski definition) is 3. The molecule has 1 atom stereocenters. The quantitative estimate of drug-likeness (QED) is 0.377. The SMILES string of the molecule is Cc1cc(C[C@H](CCCCN(C)C2CCCCC2)C(=O)NO)cc(C)c1F. The Balaban J connectivity index is 1.84. The van der Waals surface area contributed by atoms with E-state index < -0.39 is 0 Å². The molecule has 2 rings (SSSR count). The van der Waals surface area contributed by atoms with Gasteiger partial charge in [-0.3, -0.25) is 10.0 Å². The Morgan fingerprint density at radius 1 is 1.22 bits per heavy atom. The highest BCUT2D eigenvalue weighted by Gasteiger charge is 2.20. The second kappa shape index (κ2) is 10.8. The summed E-state index contributed by atoms with van der Waals surface area (Å²) in [6, 6.07) is 4.31. The van der Waals surface area contributed by atoms with Gasteiger partial charge in [0.15, 0.2) is 0 Å². The van der Waals surface area contributed by atoms with Gasteiger partial charge in [0.1, 0.15) is 5.82 Å². The first-order chi connectivity index (χ1) is 12.9. The smallest absolute Gasteiger partial charge is 0.246 e. The van der Waals surface area contributed by atoms with Crippen LogP contribution in [0.5, 0.6) is 0 Å². The summed E-state index contributed by atoms with van der Waals surface area (Å²) in [4.78, 5) is 14.5. The Labute approximate surface area is 163 Å². The zero-order valence-corrected chi connectivity index (χ0v) is 17.1. The number of hydroxylamine groups is 1. The lowest BCUT2D eigenvalue weighted by molar-refractivity contribution is -0.133. The summed E-state index contributed by atoms with van der Waals surface area (Å²) in [7, 11) is 2.21. The van der Waals surface area contributed by atoms with Crippen LogP contribution in [-0.4, -0.2) is 35.6 Å². The zero-order chi connectivity index (χ0) is 19.8. The van der Waals surface area contributed by atoms with Gasteiger partial charge in [0, 0.05) is 12.0 Å². The molecule has 0 aliphatic heterocycles. The van der Waals surface area contributed by atoms with E-state index in [-0.39, 0.29) is 17.6 Å². The standard InChI is InChI=1S/C22H35FN2O2/c1-16-13-18(14-17(2)21(16)23)15-19(22(26)24-27)9-7-8-12-25(3)20-10-5-4-6-11-20/h13-14,19-20,27H,4-12,15H2,1-3H3,(H,24,26)/t19-/m0/s1. The van der Waals surface area contributed by atoms with E-state index in [9.17, 15) is 9.18 Å². The number of aryl methyl sites for hydroxylation is 2. The molecule has 0 bridgehead atoms. The highest BCUT2D eigenvalue weighted by Crippen LogP contribution is 2.23. The van der Waals surface area contributed by atoms with Gasteiger partial charge in [-0.25, -0.2) is 9.87 Å². The van der Waals surface area contributed by atoms with Crippen LogP contribution < -0.4 is 5.48 Å². The molecule has 0 aromatic heterocycles. The molecular weight excluding hydrogens is 343 g/mol. The Kier molecular flexibility index (Phi) is 8.71. The van der Waals surface area contributed by atoms with Crippen molar-refractivity contribution in [3.63, 3.8) is 0 Å². The average molecular weight is 379 g/mol. The molecule has 1 saturated carbocycles. The van der Waals surface area contributed by atoms with Crippen molar-refractivity contribution in [3.05, 3.63) is 34.6 Å². The molecule has 1 aromatic carbocycles. The molecule has 1 amide bonds. The van der Waals surface area contributed by atoms with Crippen molar-refractivity contribution in [1.82, 2.24) is 10.4 Å². The normalized spacial score (nSPS) is 16.5. The van der Waals surface area contributed by atoms with E-state index in [1.165, 1.54) is 32.1 Å². The van der Waals surface area contributed by atoms with Gasteiger partial charge in [-0.1, -0.05) is 37.8 Å². The molecule has 1 aliphatic carbocycles. The number of nitrogens with zero attached hydrogens (tertiary/aromatic N) is 1. The van der Waals surface area contributed by atoms with E-state index in [1.807, 2.05) is 0 Å². The fourth-order valence-corrected chi connectivity index (χ4v) is 4.31. The molecule has 2 N–H and O–H groups in total. The number of unbranched alkanes of at least 4 members (excludes halogenated alkanes) is 1. The van der Waals surface area contributed by atoms with Crippen LogP contribution in [0.4, 0.5) is 4.39 Å². The van der Waals surface area contributed by atoms with Crippen LogP contribution in [0.25, 0.3) is 0 Å². The highest BCUT2D eigenvalue weighted by atomic mass is 19.1. The maximum Gasteiger partial charge on any atom is 0.246 e. The van der Waals surface area contributed by atoms with Gasteiger partial charge < -0.3 is 4.90 Å². The number of hydrogen-bond donors (Lipinski definition) is 2. The van der Waals surface area contributed by atoms with Crippen molar-refractivity contribution in [2.75, 3.05) is 13.6 Å². The second-order valence-electron chi connectivity index (χ2n) is 8.19. The number of carbonyl (C=O) groups is 1. The lowest BCUT2D eigenvalue weighted by Crippen LogP contribution is -2.34. The lowest BCUT2D eigenvalue weighted by atomic mass is 9.91. The maximum atomic E-state index is 13.8. The fourth-order valence-electron chi connectivity index (χ4n) is 4.31. The van der Waals surface area contributed by atoms with Crippen molar-refractivity contribution < 1.29 is 14.4 Å².